The maximum absolute atomic E-state index is 15.0. The molecule has 1 aliphatic heterocycles. The fourth-order valence-electron chi connectivity index (χ4n) is 4.69. The molecule has 0 spiro atoms. The van der Waals surface area contributed by atoms with E-state index in [0.717, 1.165) is 12.1 Å². The number of fused-ring (bicyclic) bond motifs is 1. The van der Waals surface area contributed by atoms with Gasteiger partial charge in [-0.1, -0.05) is 48.0 Å². The molecule has 11 heteroatoms. The van der Waals surface area contributed by atoms with E-state index in [0.29, 0.717) is 16.0 Å². The average molecular weight is 558 g/mol. The molecule has 1 saturated heterocycles. The van der Waals surface area contributed by atoms with Crippen LogP contribution in [0.3, 0.4) is 0 Å². The number of carbonyl (C=O) groups is 1. The first kappa shape index (κ1) is 26.0. The average Bonchev–Trinajstić information content (AvgIpc) is 2.88. The van der Waals surface area contributed by atoms with E-state index in [1.807, 2.05) is 0 Å². The number of aliphatic hydroxyl groups is 1. The Morgan fingerprint density at radius 3 is 2.34 bits per heavy atom. The highest BCUT2D eigenvalue weighted by atomic mass is 35.5. The van der Waals surface area contributed by atoms with Crippen molar-refractivity contribution in [3.8, 4) is 0 Å². The van der Waals surface area contributed by atoms with E-state index in [9.17, 15) is 18.3 Å². The van der Waals surface area contributed by atoms with Crippen LogP contribution >= 0.6 is 11.6 Å². The molecule has 1 aliphatic rings. The van der Waals surface area contributed by atoms with Crippen molar-refractivity contribution in [2.24, 2.45) is 0 Å². The largest absolute Gasteiger partial charge is 0.385 e. The molecule has 2 heterocycles. The number of anilines is 1. The number of hydrogen-bond acceptors (Lipinski definition) is 5. The van der Waals surface area contributed by atoms with Crippen molar-refractivity contribution in [3.05, 3.63) is 101 Å². The van der Waals surface area contributed by atoms with Crippen molar-refractivity contribution in [1.29, 1.82) is 0 Å². The molecule has 1 aromatic heterocycles. The Hall–Kier alpha value is -3.60. The van der Waals surface area contributed by atoms with Gasteiger partial charge in [-0.15, -0.1) is 0 Å². The van der Waals surface area contributed by atoms with Gasteiger partial charge < -0.3 is 10.0 Å². The molecule has 0 atom stereocenters. The lowest BCUT2D eigenvalue weighted by atomic mass is 9.84. The van der Waals surface area contributed by atoms with Gasteiger partial charge >= 0.3 is 0 Å². The quantitative estimate of drug-likeness (QED) is 0.356. The first-order chi connectivity index (χ1) is 18.1. The van der Waals surface area contributed by atoms with Crippen LogP contribution < -0.4 is 4.72 Å². The van der Waals surface area contributed by atoms with Crippen LogP contribution in [-0.4, -0.2) is 42.4 Å². The maximum atomic E-state index is 15.0. The van der Waals surface area contributed by atoms with Gasteiger partial charge in [-0.3, -0.25) is 14.5 Å². The minimum atomic E-state index is -4.25. The molecule has 4 aromatic rings. The highest BCUT2D eigenvalue weighted by Crippen LogP contribution is 2.37. The minimum Gasteiger partial charge on any atom is -0.385 e. The number of nitrogens with one attached hydrogen (secondary N) is 1. The Balaban J connectivity index is 1.35. The number of para-hydroxylation sites is 1. The second-order valence-corrected chi connectivity index (χ2v) is 11.1. The van der Waals surface area contributed by atoms with Crippen LogP contribution in [-0.2, 0) is 15.6 Å². The van der Waals surface area contributed by atoms with Gasteiger partial charge in [0.15, 0.2) is 0 Å². The van der Waals surface area contributed by atoms with Crippen LogP contribution in [0.1, 0.15) is 28.8 Å². The molecule has 0 bridgehead atoms. The van der Waals surface area contributed by atoms with Crippen LogP contribution in [0.5, 0.6) is 0 Å². The van der Waals surface area contributed by atoms with E-state index < -0.39 is 38.7 Å². The van der Waals surface area contributed by atoms with E-state index in [1.54, 1.807) is 42.5 Å². The summed E-state index contributed by atoms with van der Waals surface area (Å²) in [4.78, 5) is 18.2. The van der Waals surface area contributed by atoms with Crippen LogP contribution in [0, 0.1) is 11.6 Å². The Morgan fingerprint density at radius 1 is 1.00 bits per heavy atom. The molecule has 0 unspecified atom stereocenters. The zero-order valence-corrected chi connectivity index (χ0v) is 21.4. The number of likely N-dealkylation sites (tertiary alicyclic amines) is 1. The van der Waals surface area contributed by atoms with Crippen molar-refractivity contribution in [2.75, 3.05) is 17.8 Å². The second kappa shape index (κ2) is 9.94. The second-order valence-electron chi connectivity index (χ2n) is 9.06. The monoisotopic (exact) mass is 557 g/mol. The number of rotatable bonds is 5. The molecular weight excluding hydrogens is 536 g/mol. The van der Waals surface area contributed by atoms with E-state index in [-0.39, 0.29) is 42.0 Å². The molecule has 0 saturated carbocycles. The van der Waals surface area contributed by atoms with Crippen molar-refractivity contribution < 1.29 is 27.1 Å². The molecule has 2 N–H and O–H groups in total. The van der Waals surface area contributed by atoms with Gasteiger partial charge in [-0.2, -0.15) is 0 Å². The third-order valence-electron chi connectivity index (χ3n) is 6.65. The van der Waals surface area contributed by atoms with Crippen molar-refractivity contribution in [2.45, 2.75) is 23.3 Å². The number of amides is 1. The maximum Gasteiger partial charge on any atom is 0.264 e. The summed E-state index contributed by atoms with van der Waals surface area (Å²) in [6.07, 6.45) is 1.70. The molecule has 1 fully saturated rings. The van der Waals surface area contributed by atoms with Crippen molar-refractivity contribution >= 4 is 44.1 Å². The Bertz CT molecular complexity index is 1630. The molecule has 5 rings (SSSR count). The Kier molecular flexibility index (Phi) is 6.81. The number of halogens is 3. The SMILES string of the molecule is O=C(c1c(F)cc(NS(=O)(=O)c2cccc3cccnc23)cc1F)N1CCC(O)(c2ccccc2Cl)CC1. The van der Waals surface area contributed by atoms with Crippen molar-refractivity contribution in [1.82, 2.24) is 9.88 Å². The van der Waals surface area contributed by atoms with E-state index >= 15 is 8.78 Å². The summed E-state index contributed by atoms with van der Waals surface area (Å²) in [7, 11) is -4.25. The molecule has 0 aliphatic carbocycles. The lowest BCUT2D eigenvalue weighted by molar-refractivity contribution is -0.0212. The lowest BCUT2D eigenvalue weighted by Gasteiger charge is -2.39. The van der Waals surface area contributed by atoms with Gasteiger partial charge in [0.05, 0.1) is 16.8 Å². The minimum absolute atomic E-state index is 0.0436. The van der Waals surface area contributed by atoms with E-state index in [4.69, 9.17) is 11.6 Å². The van der Waals surface area contributed by atoms with Gasteiger partial charge in [0.1, 0.15) is 22.1 Å². The first-order valence-corrected chi connectivity index (χ1v) is 13.6. The summed E-state index contributed by atoms with van der Waals surface area (Å²) >= 11 is 6.22. The number of pyridine rings is 1. The van der Waals surface area contributed by atoms with Crippen molar-refractivity contribution in [3.63, 3.8) is 0 Å². The number of hydrogen-bond donors (Lipinski definition) is 2. The van der Waals surface area contributed by atoms with Crippen LogP contribution in [0.15, 0.2) is 77.8 Å². The predicted molar refractivity (Wildman–Crippen MR) is 139 cm³/mol. The third kappa shape index (κ3) is 4.82. The van der Waals surface area contributed by atoms with Crippen LogP contribution in [0.25, 0.3) is 10.9 Å². The topological polar surface area (TPSA) is 99.6 Å². The predicted octanol–water partition coefficient (Wildman–Crippen LogP) is 5.09. The third-order valence-corrected chi connectivity index (χ3v) is 8.39. The molecule has 7 nitrogen and oxygen atoms in total. The highest BCUT2D eigenvalue weighted by molar-refractivity contribution is 7.93. The summed E-state index contributed by atoms with van der Waals surface area (Å²) in [6.45, 7) is 0.0871. The number of piperidine rings is 1. The standard InChI is InChI=1S/C27H22ClF2N3O4S/c28-20-8-2-1-7-19(20)27(35)10-13-33(14-11-27)26(34)24-21(29)15-18(16-22(24)30)32-38(36,37)23-9-3-5-17-6-4-12-31-25(17)23/h1-9,12,15-16,32,35H,10-11,13-14H2. The smallest absolute Gasteiger partial charge is 0.264 e. The lowest BCUT2D eigenvalue weighted by Crippen LogP contribution is -2.45. The molecule has 3 aromatic carbocycles. The first-order valence-electron chi connectivity index (χ1n) is 11.7. The molecule has 196 valence electrons. The molecular formula is C27H22ClF2N3O4S. The number of carbonyl (C=O) groups excluding carboxylic acids is 1. The van der Waals surface area contributed by atoms with Gasteiger partial charge in [-0.25, -0.2) is 17.2 Å². The van der Waals surface area contributed by atoms with Gasteiger partial charge in [0.2, 0.25) is 0 Å². The summed E-state index contributed by atoms with van der Waals surface area (Å²) in [6, 6.07) is 16.3. The summed E-state index contributed by atoms with van der Waals surface area (Å²) in [5, 5.41) is 12.0. The number of aromatic nitrogens is 1. The number of nitrogens with zero attached hydrogens (tertiary/aromatic N) is 2. The normalized spacial score (nSPS) is 15.4. The molecule has 1 amide bonds. The van der Waals surface area contributed by atoms with Crippen LogP contribution in [0.4, 0.5) is 14.5 Å². The molecule has 38 heavy (non-hydrogen) atoms. The van der Waals surface area contributed by atoms with Crippen LogP contribution in [0.2, 0.25) is 5.02 Å². The zero-order valence-electron chi connectivity index (χ0n) is 19.9. The van der Waals surface area contributed by atoms with E-state index in [1.165, 1.54) is 23.2 Å². The fourth-order valence-corrected chi connectivity index (χ4v) is 6.22. The summed E-state index contributed by atoms with van der Waals surface area (Å²) in [5.41, 5.74) is -1.72. The zero-order chi connectivity index (χ0) is 27.1. The van der Waals surface area contributed by atoms with Gasteiger partial charge in [-0.05, 0) is 43.2 Å². The van der Waals surface area contributed by atoms with E-state index in [2.05, 4.69) is 9.71 Å². The summed E-state index contributed by atoms with van der Waals surface area (Å²) < 4.78 is 58.2. The highest BCUT2D eigenvalue weighted by Gasteiger charge is 2.38. The summed E-state index contributed by atoms with van der Waals surface area (Å²) in [5.74, 6) is -3.32. The Morgan fingerprint density at radius 2 is 1.66 bits per heavy atom. The number of benzene rings is 3. The Labute approximate surface area is 222 Å². The van der Waals surface area contributed by atoms with Gasteiger partial charge in [0.25, 0.3) is 15.9 Å². The molecule has 0 radical (unpaired) electrons. The van der Waals surface area contributed by atoms with Gasteiger partial charge in [0, 0.05) is 35.3 Å². The fraction of sp³-hybridized carbons (Fsp3) is 0.185. The number of sulfonamides is 1.